The molecule has 0 spiro atoms. The first kappa shape index (κ1) is 15.5. The minimum atomic E-state index is -0.567. The summed E-state index contributed by atoms with van der Waals surface area (Å²) in [6.45, 7) is 3.19. The van der Waals surface area contributed by atoms with Crippen LogP contribution in [0.3, 0.4) is 0 Å². The summed E-state index contributed by atoms with van der Waals surface area (Å²) in [5.41, 5.74) is 6.65. The van der Waals surface area contributed by atoms with Gasteiger partial charge >= 0.3 is 0 Å². The molecule has 0 radical (unpaired) electrons. The van der Waals surface area contributed by atoms with E-state index in [0.717, 1.165) is 0 Å². The second kappa shape index (κ2) is 6.98. The van der Waals surface area contributed by atoms with Crippen molar-refractivity contribution in [3.8, 4) is 5.75 Å². The van der Waals surface area contributed by atoms with Gasteiger partial charge in [-0.3, -0.25) is 4.79 Å². The van der Waals surface area contributed by atoms with E-state index in [1.54, 1.807) is 25.1 Å². The SMILES string of the molecule is CC(=O)Nc1cc(N)ccc1OCC(C)O.Cl. The highest BCUT2D eigenvalue weighted by Gasteiger charge is 2.07. The number of rotatable bonds is 4. The number of aliphatic hydroxyl groups is 1. The average molecular weight is 261 g/mol. The molecule has 0 aromatic heterocycles. The minimum Gasteiger partial charge on any atom is -0.489 e. The Balaban J connectivity index is 0.00000256. The maximum absolute atomic E-state index is 11.0. The van der Waals surface area contributed by atoms with E-state index in [4.69, 9.17) is 15.6 Å². The standard InChI is InChI=1S/C11H16N2O3.ClH/c1-7(14)6-16-11-4-3-9(12)5-10(11)13-8(2)15;/h3-5,7,14H,6,12H2,1-2H3,(H,13,15);1H. The molecule has 1 amide bonds. The van der Waals surface area contributed by atoms with Crippen LogP contribution in [0.25, 0.3) is 0 Å². The number of hydrogen-bond acceptors (Lipinski definition) is 4. The number of aliphatic hydroxyl groups excluding tert-OH is 1. The first-order valence-corrected chi connectivity index (χ1v) is 4.97. The Bertz CT molecular complexity index is 383. The second-order valence-corrected chi connectivity index (χ2v) is 3.60. The number of carbonyl (C=O) groups is 1. The Labute approximate surface area is 106 Å². The molecule has 5 nitrogen and oxygen atoms in total. The smallest absolute Gasteiger partial charge is 0.221 e. The molecule has 1 atom stereocenters. The van der Waals surface area contributed by atoms with Crippen molar-refractivity contribution < 1.29 is 14.6 Å². The van der Waals surface area contributed by atoms with Crippen LogP contribution in [0, 0.1) is 0 Å². The number of carbonyl (C=O) groups excluding carboxylic acids is 1. The van der Waals surface area contributed by atoms with Gasteiger partial charge in [0.2, 0.25) is 5.91 Å². The van der Waals surface area contributed by atoms with Crippen LogP contribution in [0.2, 0.25) is 0 Å². The molecule has 0 aliphatic rings. The van der Waals surface area contributed by atoms with Crippen molar-refractivity contribution in [3.63, 3.8) is 0 Å². The van der Waals surface area contributed by atoms with Gasteiger partial charge in [-0.05, 0) is 25.1 Å². The highest BCUT2D eigenvalue weighted by Crippen LogP contribution is 2.26. The molecule has 96 valence electrons. The summed E-state index contributed by atoms with van der Waals surface area (Å²) in [7, 11) is 0. The number of halogens is 1. The normalized spacial score (nSPS) is 11.2. The quantitative estimate of drug-likeness (QED) is 0.715. The van der Waals surface area contributed by atoms with Crippen LogP contribution in [-0.2, 0) is 4.79 Å². The number of anilines is 2. The fraction of sp³-hybridized carbons (Fsp3) is 0.364. The van der Waals surface area contributed by atoms with Crippen molar-refractivity contribution in [2.24, 2.45) is 0 Å². The summed E-state index contributed by atoms with van der Waals surface area (Å²) in [5, 5.41) is 11.7. The molecule has 1 unspecified atom stereocenters. The highest BCUT2D eigenvalue weighted by atomic mass is 35.5. The molecular formula is C11H17ClN2O3. The van der Waals surface area contributed by atoms with E-state index in [0.29, 0.717) is 17.1 Å². The number of nitrogens with two attached hydrogens (primary N) is 1. The van der Waals surface area contributed by atoms with E-state index in [-0.39, 0.29) is 24.9 Å². The summed E-state index contributed by atoms with van der Waals surface area (Å²) in [4.78, 5) is 11.0. The van der Waals surface area contributed by atoms with Gasteiger partial charge in [0.25, 0.3) is 0 Å². The van der Waals surface area contributed by atoms with Gasteiger partial charge in [-0.15, -0.1) is 12.4 Å². The zero-order valence-corrected chi connectivity index (χ0v) is 10.6. The Morgan fingerprint density at radius 3 is 2.76 bits per heavy atom. The summed E-state index contributed by atoms with van der Waals surface area (Å²) >= 11 is 0. The lowest BCUT2D eigenvalue weighted by atomic mass is 10.2. The molecule has 17 heavy (non-hydrogen) atoms. The van der Waals surface area contributed by atoms with Gasteiger partial charge in [-0.25, -0.2) is 0 Å². The van der Waals surface area contributed by atoms with Crippen molar-refractivity contribution in [1.29, 1.82) is 0 Å². The van der Waals surface area contributed by atoms with E-state index >= 15 is 0 Å². The van der Waals surface area contributed by atoms with Crippen molar-refractivity contribution in [1.82, 2.24) is 0 Å². The number of benzene rings is 1. The van der Waals surface area contributed by atoms with Gasteiger partial charge in [0.05, 0.1) is 11.8 Å². The van der Waals surface area contributed by atoms with Crippen molar-refractivity contribution in [3.05, 3.63) is 18.2 Å². The summed E-state index contributed by atoms with van der Waals surface area (Å²) < 4.78 is 5.33. The molecule has 4 N–H and O–H groups in total. The van der Waals surface area contributed by atoms with Gasteiger partial charge in [0.1, 0.15) is 12.4 Å². The molecule has 0 aliphatic carbocycles. The van der Waals surface area contributed by atoms with Gasteiger partial charge in [-0.2, -0.15) is 0 Å². The molecule has 1 aromatic rings. The lowest BCUT2D eigenvalue weighted by Gasteiger charge is -2.13. The van der Waals surface area contributed by atoms with E-state index in [9.17, 15) is 4.79 Å². The largest absolute Gasteiger partial charge is 0.489 e. The zero-order chi connectivity index (χ0) is 12.1. The number of hydrogen-bond donors (Lipinski definition) is 3. The predicted octanol–water partition coefficient (Wildman–Crippen LogP) is 1.41. The van der Waals surface area contributed by atoms with Crippen molar-refractivity contribution >= 4 is 29.7 Å². The second-order valence-electron chi connectivity index (χ2n) is 3.60. The summed E-state index contributed by atoms with van der Waals surface area (Å²) in [5.74, 6) is 0.290. The van der Waals surface area contributed by atoms with Gasteiger partial charge in [0, 0.05) is 12.6 Å². The molecule has 0 bridgehead atoms. The zero-order valence-electron chi connectivity index (χ0n) is 9.77. The maximum atomic E-state index is 11.0. The molecular weight excluding hydrogens is 244 g/mol. The van der Waals surface area contributed by atoms with Crippen LogP contribution >= 0.6 is 12.4 Å². The molecule has 0 fully saturated rings. The van der Waals surface area contributed by atoms with Gasteiger partial charge in [-0.1, -0.05) is 0 Å². The number of nitrogen functional groups attached to an aromatic ring is 1. The highest BCUT2D eigenvalue weighted by molar-refractivity contribution is 5.91. The molecule has 0 saturated carbocycles. The molecule has 0 saturated heterocycles. The Hall–Kier alpha value is -1.46. The Kier molecular flexibility index (Phi) is 6.38. The number of ether oxygens (including phenoxy) is 1. The Morgan fingerprint density at radius 1 is 1.59 bits per heavy atom. The summed E-state index contributed by atoms with van der Waals surface area (Å²) in [6.07, 6.45) is -0.567. The third-order valence-electron chi connectivity index (χ3n) is 1.79. The third-order valence-corrected chi connectivity index (χ3v) is 1.79. The van der Waals surface area contributed by atoms with E-state index in [2.05, 4.69) is 5.32 Å². The van der Waals surface area contributed by atoms with Gasteiger partial charge in [0.15, 0.2) is 0 Å². The van der Waals surface area contributed by atoms with E-state index in [1.807, 2.05) is 0 Å². The monoisotopic (exact) mass is 260 g/mol. The predicted molar refractivity (Wildman–Crippen MR) is 69.6 cm³/mol. The topological polar surface area (TPSA) is 84.6 Å². The van der Waals surface area contributed by atoms with Crippen molar-refractivity contribution in [2.75, 3.05) is 17.7 Å². The Morgan fingerprint density at radius 2 is 2.24 bits per heavy atom. The molecule has 1 aromatic carbocycles. The van der Waals surface area contributed by atoms with E-state index < -0.39 is 6.10 Å². The van der Waals surface area contributed by atoms with Crippen LogP contribution in [0.5, 0.6) is 5.75 Å². The number of amides is 1. The fourth-order valence-corrected chi connectivity index (χ4v) is 1.17. The number of nitrogens with one attached hydrogen (secondary N) is 1. The van der Waals surface area contributed by atoms with E-state index in [1.165, 1.54) is 6.92 Å². The van der Waals surface area contributed by atoms with Crippen LogP contribution in [0.4, 0.5) is 11.4 Å². The van der Waals surface area contributed by atoms with Crippen molar-refractivity contribution in [2.45, 2.75) is 20.0 Å². The molecule has 0 aliphatic heterocycles. The third kappa shape index (κ3) is 5.42. The van der Waals surface area contributed by atoms with Gasteiger partial charge < -0.3 is 20.9 Å². The minimum absolute atomic E-state index is 0. The summed E-state index contributed by atoms with van der Waals surface area (Å²) in [6, 6.07) is 4.93. The first-order valence-electron chi connectivity index (χ1n) is 4.97. The first-order chi connectivity index (χ1) is 7.49. The lowest BCUT2D eigenvalue weighted by molar-refractivity contribution is -0.114. The fourth-order valence-electron chi connectivity index (χ4n) is 1.17. The molecule has 6 heteroatoms. The van der Waals surface area contributed by atoms with Crippen LogP contribution < -0.4 is 15.8 Å². The molecule has 1 rings (SSSR count). The lowest BCUT2D eigenvalue weighted by Crippen LogP contribution is -2.15. The van der Waals surface area contributed by atoms with Crippen LogP contribution in [-0.4, -0.2) is 23.7 Å². The average Bonchev–Trinajstić information content (AvgIpc) is 2.15. The maximum Gasteiger partial charge on any atom is 0.221 e. The molecule has 0 heterocycles. The van der Waals surface area contributed by atoms with Crippen LogP contribution in [0.1, 0.15) is 13.8 Å². The van der Waals surface area contributed by atoms with Crippen LogP contribution in [0.15, 0.2) is 18.2 Å².